The number of pyridine rings is 1. The molecule has 0 saturated carbocycles. The smallest absolute Gasteiger partial charge is 0.276 e. The molecule has 0 aliphatic rings. The summed E-state index contributed by atoms with van der Waals surface area (Å²) in [6, 6.07) is 2.66. The van der Waals surface area contributed by atoms with E-state index in [4.69, 9.17) is 5.73 Å². The standard InChI is InChI=1S/C13H21N5O3/c1-4-5-15-12-6-10(18(20)21)7-13(16-12)17(9(2)3)8-11(14)19/h6-7,9H,4-5,8H2,1-3H3,(H2,14,19)(H,15,16). The summed E-state index contributed by atoms with van der Waals surface area (Å²) in [6.07, 6.45) is 0.870. The summed E-state index contributed by atoms with van der Waals surface area (Å²) >= 11 is 0. The summed E-state index contributed by atoms with van der Waals surface area (Å²) in [6.45, 7) is 6.33. The van der Waals surface area contributed by atoms with Gasteiger partial charge in [-0.2, -0.15) is 0 Å². The first kappa shape index (κ1) is 16.7. The molecule has 1 heterocycles. The number of nitrogens with one attached hydrogen (secondary N) is 1. The van der Waals surface area contributed by atoms with E-state index in [-0.39, 0.29) is 18.3 Å². The van der Waals surface area contributed by atoms with Gasteiger partial charge in [-0.1, -0.05) is 6.92 Å². The Labute approximate surface area is 123 Å². The van der Waals surface area contributed by atoms with Crippen molar-refractivity contribution >= 4 is 23.2 Å². The summed E-state index contributed by atoms with van der Waals surface area (Å²) in [5, 5.41) is 14.1. The second-order valence-corrected chi connectivity index (χ2v) is 4.94. The Balaban J connectivity index is 3.20. The topological polar surface area (TPSA) is 114 Å². The van der Waals surface area contributed by atoms with Crippen molar-refractivity contribution in [1.29, 1.82) is 0 Å². The lowest BCUT2D eigenvalue weighted by Gasteiger charge is -2.26. The summed E-state index contributed by atoms with van der Waals surface area (Å²) in [4.78, 5) is 27.7. The predicted octanol–water partition coefficient (Wildman–Crippen LogP) is 1.51. The van der Waals surface area contributed by atoms with Gasteiger partial charge in [0.25, 0.3) is 5.69 Å². The number of nitro groups is 1. The fourth-order valence-corrected chi connectivity index (χ4v) is 1.79. The van der Waals surface area contributed by atoms with Gasteiger partial charge in [0.05, 0.1) is 23.6 Å². The Morgan fingerprint density at radius 3 is 2.67 bits per heavy atom. The van der Waals surface area contributed by atoms with Gasteiger partial charge in [0.15, 0.2) is 0 Å². The molecule has 3 N–H and O–H groups in total. The number of primary amides is 1. The zero-order chi connectivity index (χ0) is 16.0. The highest BCUT2D eigenvalue weighted by atomic mass is 16.6. The van der Waals surface area contributed by atoms with E-state index in [1.165, 1.54) is 12.1 Å². The van der Waals surface area contributed by atoms with Crippen molar-refractivity contribution in [3.8, 4) is 0 Å². The van der Waals surface area contributed by atoms with E-state index in [9.17, 15) is 14.9 Å². The van der Waals surface area contributed by atoms with E-state index in [2.05, 4.69) is 10.3 Å². The second-order valence-electron chi connectivity index (χ2n) is 4.94. The third-order valence-corrected chi connectivity index (χ3v) is 2.81. The number of hydrogen-bond donors (Lipinski definition) is 2. The lowest BCUT2D eigenvalue weighted by atomic mass is 10.2. The molecule has 21 heavy (non-hydrogen) atoms. The Hall–Kier alpha value is -2.38. The molecule has 1 amide bonds. The fraction of sp³-hybridized carbons (Fsp3) is 0.538. The summed E-state index contributed by atoms with van der Waals surface area (Å²) in [5.41, 5.74) is 5.15. The Bertz CT molecular complexity index is 519. The largest absolute Gasteiger partial charge is 0.370 e. The number of carbonyl (C=O) groups excluding carboxylic acids is 1. The molecule has 8 heteroatoms. The first-order valence-corrected chi connectivity index (χ1v) is 6.80. The van der Waals surface area contributed by atoms with Crippen molar-refractivity contribution in [3.05, 3.63) is 22.2 Å². The third kappa shape index (κ3) is 4.90. The Morgan fingerprint density at radius 1 is 1.52 bits per heavy atom. The van der Waals surface area contributed by atoms with Gasteiger partial charge in [0.2, 0.25) is 5.91 Å². The third-order valence-electron chi connectivity index (χ3n) is 2.81. The molecule has 8 nitrogen and oxygen atoms in total. The van der Waals surface area contributed by atoms with Crippen LogP contribution in [0.1, 0.15) is 27.2 Å². The van der Waals surface area contributed by atoms with Crippen molar-refractivity contribution in [2.75, 3.05) is 23.3 Å². The van der Waals surface area contributed by atoms with Gasteiger partial charge in [-0.15, -0.1) is 0 Å². The van der Waals surface area contributed by atoms with Gasteiger partial charge in [-0.05, 0) is 20.3 Å². The molecule has 0 bridgehead atoms. The van der Waals surface area contributed by atoms with Crippen LogP contribution in [-0.4, -0.2) is 34.9 Å². The van der Waals surface area contributed by atoms with Gasteiger partial charge in [0, 0.05) is 12.6 Å². The Kier molecular flexibility index (Phi) is 5.89. The average molecular weight is 295 g/mol. The monoisotopic (exact) mass is 295 g/mol. The van der Waals surface area contributed by atoms with Gasteiger partial charge in [0.1, 0.15) is 11.6 Å². The number of carbonyl (C=O) groups is 1. The SMILES string of the molecule is CCCNc1cc([N+](=O)[O-])cc(N(CC(N)=O)C(C)C)n1. The number of aromatic nitrogens is 1. The van der Waals surface area contributed by atoms with E-state index >= 15 is 0 Å². The molecule has 1 rings (SSSR count). The molecule has 116 valence electrons. The number of rotatable bonds is 8. The number of nitrogens with zero attached hydrogens (tertiary/aromatic N) is 3. The maximum absolute atomic E-state index is 11.2. The maximum Gasteiger partial charge on any atom is 0.276 e. The molecular formula is C13H21N5O3. The van der Waals surface area contributed by atoms with Gasteiger partial charge in [-0.25, -0.2) is 4.98 Å². The van der Waals surface area contributed by atoms with Crippen LogP contribution in [0.2, 0.25) is 0 Å². The highest BCUT2D eigenvalue weighted by Gasteiger charge is 2.19. The minimum atomic E-state index is -0.514. The molecule has 0 saturated heterocycles. The van der Waals surface area contributed by atoms with E-state index in [1.54, 1.807) is 4.90 Å². The lowest BCUT2D eigenvalue weighted by Crippen LogP contribution is -2.39. The first-order chi connectivity index (χ1) is 9.85. The molecule has 0 spiro atoms. The zero-order valence-corrected chi connectivity index (χ0v) is 12.5. The minimum Gasteiger partial charge on any atom is -0.370 e. The summed E-state index contributed by atoms with van der Waals surface area (Å²) in [5.74, 6) is 0.257. The normalized spacial score (nSPS) is 10.5. The zero-order valence-electron chi connectivity index (χ0n) is 12.5. The molecular weight excluding hydrogens is 274 g/mol. The number of anilines is 2. The van der Waals surface area contributed by atoms with E-state index < -0.39 is 10.8 Å². The molecule has 0 unspecified atom stereocenters. The highest BCUT2D eigenvalue weighted by molar-refractivity contribution is 5.79. The van der Waals surface area contributed by atoms with Crippen LogP contribution in [0.25, 0.3) is 0 Å². The molecule has 0 aliphatic heterocycles. The van der Waals surface area contributed by atoms with Crippen molar-refractivity contribution in [1.82, 2.24) is 4.98 Å². The van der Waals surface area contributed by atoms with Crippen molar-refractivity contribution in [2.24, 2.45) is 5.73 Å². The van der Waals surface area contributed by atoms with Crippen LogP contribution >= 0.6 is 0 Å². The van der Waals surface area contributed by atoms with Crippen molar-refractivity contribution < 1.29 is 9.72 Å². The maximum atomic E-state index is 11.2. The second kappa shape index (κ2) is 7.41. The summed E-state index contributed by atoms with van der Waals surface area (Å²) in [7, 11) is 0. The van der Waals surface area contributed by atoms with Crippen LogP contribution in [0.5, 0.6) is 0 Å². The average Bonchev–Trinajstić information content (AvgIpc) is 2.41. The van der Waals surface area contributed by atoms with E-state index in [0.29, 0.717) is 18.2 Å². The van der Waals surface area contributed by atoms with Crippen LogP contribution in [0.4, 0.5) is 17.3 Å². The molecule has 0 fully saturated rings. The van der Waals surface area contributed by atoms with Crippen LogP contribution in [-0.2, 0) is 4.79 Å². The number of nitrogens with two attached hydrogens (primary N) is 1. The first-order valence-electron chi connectivity index (χ1n) is 6.80. The molecule has 0 aliphatic carbocycles. The number of amides is 1. The van der Waals surface area contributed by atoms with Crippen LogP contribution in [0, 0.1) is 10.1 Å². The quantitative estimate of drug-likeness (QED) is 0.555. The van der Waals surface area contributed by atoms with E-state index in [1.807, 2.05) is 20.8 Å². The molecule has 1 aromatic rings. The van der Waals surface area contributed by atoms with Crippen LogP contribution in [0.3, 0.4) is 0 Å². The molecule has 0 atom stereocenters. The number of hydrogen-bond acceptors (Lipinski definition) is 6. The Morgan fingerprint density at radius 2 is 2.19 bits per heavy atom. The van der Waals surface area contributed by atoms with Crippen molar-refractivity contribution in [2.45, 2.75) is 33.2 Å². The minimum absolute atomic E-state index is 0.0426. The summed E-state index contributed by atoms with van der Waals surface area (Å²) < 4.78 is 0. The van der Waals surface area contributed by atoms with E-state index in [0.717, 1.165) is 6.42 Å². The molecule has 1 aromatic heterocycles. The lowest BCUT2D eigenvalue weighted by molar-refractivity contribution is -0.384. The highest BCUT2D eigenvalue weighted by Crippen LogP contribution is 2.24. The van der Waals surface area contributed by atoms with Gasteiger partial charge in [-0.3, -0.25) is 14.9 Å². The predicted molar refractivity (Wildman–Crippen MR) is 81.3 cm³/mol. The molecule has 0 radical (unpaired) electrons. The van der Waals surface area contributed by atoms with Crippen molar-refractivity contribution in [3.63, 3.8) is 0 Å². The molecule has 0 aromatic carbocycles. The van der Waals surface area contributed by atoms with Crippen LogP contribution < -0.4 is 16.0 Å². The van der Waals surface area contributed by atoms with Gasteiger partial charge < -0.3 is 16.0 Å². The van der Waals surface area contributed by atoms with Crippen LogP contribution in [0.15, 0.2) is 12.1 Å². The fourth-order valence-electron chi connectivity index (χ4n) is 1.79. The van der Waals surface area contributed by atoms with Gasteiger partial charge >= 0.3 is 0 Å².